The first-order valence-electron chi connectivity index (χ1n) is 8.21. The Morgan fingerprint density at radius 2 is 2.05 bits per heavy atom. The predicted molar refractivity (Wildman–Crippen MR) is 86.1 cm³/mol. The van der Waals surface area contributed by atoms with Crippen molar-refractivity contribution in [2.24, 2.45) is 11.7 Å². The van der Waals surface area contributed by atoms with Gasteiger partial charge in [0.1, 0.15) is 0 Å². The molecule has 0 saturated heterocycles. The zero-order valence-electron chi connectivity index (χ0n) is 12.9. The second-order valence-electron chi connectivity index (χ2n) is 7.21. The average molecular weight is 272 g/mol. The molecule has 0 radical (unpaired) electrons. The van der Waals surface area contributed by atoms with Crippen LogP contribution in [0.2, 0.25) is 0 Å². The van der Waals surface area contributed by atoms with Gasteiger partial charge in [-0.3, -0.25) is 0 Å². The quantitative estimate of drug-likeness (QED) is 0.888. The minimum absolute atomic E-state index is 0.0103. The van der Waals surface area contributed by atoms with E-state index in [1.807, 2.05) is 0 Å². The third kappa shape index (κ3) is 2.71. The van der Waals surface area contributed by atoms with E-state index in [4.69, 9.17) is 5.73 Å². The molecular weight excluding hydrogens is 244 g/mol. The van der Waals surface area contributed by atoms with Crippen LogP contribution in [0, 0.1) is 5.92 Å². The van der Waals surface area contributed by atoms with E-state index < -0.39 is 0 Å². The van der Waals surface area contributed by atoms with Crippen LogP contribution in [-0.4, -0.2) is 18.1 Å². The number of anilines is 1. The minimum Gasteiger partial charge on any atom is -0.367 e. The fourth-order valence-electron chi connectivity index (χ4n) is 4.18. The van der Waals surface area contributed by atoms with Gasteiger partial charge in [-0.2, -0.15) is 0 Å². The highest BCUT2D eigenvalue weighted by Gasteiger charge is 2.35. The van der Waals surface area contributed by atoms with Gasteiger partial charge < -0.3 is 10.6 Å². The topological polar surface area (TPSA) is 29.3 Å². The number of nitrogens with zero attached hydrogens (tertiary/aromatic N) is 1. The summed E-state index contributed by atoms with van der Waals surface area (Å²) in [6, 6.07) is 9.49. The lowest BCUT2D eigenvalue weighted by molar-refractivity contribution is 0.234. The van der Waals surface area contributed by atoms with Gasteiger partial charge in [-0.25, -0.2) is 0 Å². The highest BCUT2D eigenvalue weighted by atomic mass is 15.2. The van der Waals surface area contributed by atoms with Crippen LogP contribution in [0.3, 0.4) is 0 Å². The van der Waals surface area contributed by atoms with Gasteiger partial charge in [0, 0.05) is 23.8 Å². The standard InChI is InChI=1S/C18H28N2/c1-14-6-5-11-18(19,12-14)13-20-15(2)9-10-16-7-3-4-8-17(16)20/h3-4,7-8,14-15H,5-6,9-13,19H2,1-2H3. The van der Waals surface area contributed by atoms with Crippen molar-refractivity contribution in [3.05, 3.63) is 29.8 Å². The molecule has 2 N–H and O–H groups in total. The normalized spacial score (nSPS) is 33.9. The van der Waals surface area contributed by atoms with Crippen molar-refractivity contribution in [1.29, 1.82) is 0 Å². The van der Waals surface area contributed by atoms with E-state index >= 15 is 0 Å². The SMILES string of the molecule is CC1CCCC(N)(CN2c3ccccc3CCC2C)C1. The van der Waals surface area contributed by atoms with Gasteiger partial charge in [0.15, 0.2) is 0 Å². The summed E-state index contributed by atoms with van der Waals surface area (Å²) >= 11 is 0. The maximum absolute atomic E-state index is 6.76. The lowest BCUT2D eigenvalue weighted by atomic mass is 9.76. The molecule has 3 unspecified atom stereocenters. The van der Waals surface area contributed by atoms with Crippen molar-refractivity contribution in [2.45, 2.75) is 64.0 Å². The van der Waals surface area contributed by atoms with E-state index in [1.165, 1.54) is 49.8 Å². The summed E-state index contributed by atoms with van der Waals surface area (Å²) in [5.74, 6) is 0.782. The largest absolute Gasteiger partial charge is 0.367 e. The molecule has 2 nitrogen and oxygen atoms in total. The fraction of sp³-hybridized carbons (Fsp3) is 0.667. The molecule has 1 aliphatic heterocycles. The Hall–Kier alpha value is -1.02. The van der Waals surface area contributed by atoms with Crippen molar-refractivity contribution < 1.29 is 0 Å². The summed E-state index contributed by atoms with van der Waals surface area (Å²) in [6.45, 7) is 5.73. The molecule has 0 aromatic heterocycles. The number of aryl methyl sites for hydroxylation is 1. The minimum atomic E-state index is 0.0103. The summed E-state index contributed by atoms with van der Waals surface area (Å²) in [4.78, 5) is 2.58. The van der Waals surface area contributed by atoms with Crippen LogP contribution in [0.5, 0.6) is 0 Å². The lowest BCUT2D eigenvalue weighted by Crippen LogP contribution is -2.55. The highest BCUT2D eigenvalue weighted by molar-refractivity contribution is 5.56. The Morgan fingerprint density at radius 1 is 1.25 bits per heavy atom. The molecule has 3 atom stereocenters. The second kappa shape index (κ2) is 5.40. The third-order valence-corrected chi connectivity index (χ3v) is 5.28. The number of nitrogens with two attached hydrogens (primary N) is 1. The Bertz CT molecular complexity index is 470. The molecule has 1 fully saturated rings. The molecule has 0 amide bonds. The summed E-state index contributed by atoms with van der Waals surface area (Å²) < 4.78 is 0. The van der Waals surface area contributed by atoms with Crippen LogP contribution in [0.4, 0.5) is 5.69 Å². The molecule has 3 rings (SSSR count). The Labute approximate surface area is 123 Å². The van der Waals surface area contributed by atoms with Crippen molar-refractivity contribution in [2.75, 3.05) is 11.4 Å². The number of para-hydroxylation sites is 1. The van der Waals surface area contributed by atoms with E-state index in [1.54, 1.807) is 0 Å². The molecule has 2 aliphatic rings. The molecule has 110 valence electrons. The first kappa shape index (κ1) is 13.9. The van der Waals surface area contributed by atoms with Crippen LogP contribution in [0.1, 0.15) is 51.5 Å². The first-order valence-corrected chi connectivity index (χ1v) is 8.21. The van der Waals surface area contributed by atoms with Crippen LogP contribution < -0.4 is 10.6 Å². The molecule has 2 heteroatoms. The number of rotatable bonds is 2. The molecule has 0 bridgehead atoms. The van der Waals surface area contributed by atoms with E-state index in [2.05, 4.69) is 43.0 Å². The highest BCUT2D eigenvalue weighted by Crippen LogP contribution is 2.36. The first-order chi connectivity index (χ1) is 9.57. The molecule has 1 aromatic rings. The fourth-order valence-corrected chi connectivity index (χ4v) is 4.18. The van der Waals surface area contributed by atoms with Gasteiger partial charge in [-0.15, -0.1) is 0 Å². The van der Waals surface area contributed by atoms with Crippen LogP contribution in [-0.2, 0) is 6.42 Å². The lowest BCUT2D eigenvalue weighted by Gasteiger charge is -2.45. The second-order valence-corrected chi connectivity index (χ2v) is 7.21. The predicted octanol–water partition coefficient (Wildman–Crippen LogP) is 3.74. The van der Waals surface area contributed by atoms with E-state index in [-0.39, 0.29) is 5.54 Å². The number of hydrogen-bond donors (Lipinski definition) is 1. The molecule has 1 heterocycles. The Morgan fingerprint density at radius 3 is 2.85 bits per heavy atom. The van der Waals surface area contributed by atoms with Crippen molar-refractivity contribution in [1.82, 2.24) is 0 Å². The van der Waals surface area contributed by atoms with E-state index in [9.17, 15) is 0 Å². The van der Waals surface area contributed by atoms with Crippen molar-refractivity contribution in [3.8, 4) is 0 Å². The van der Waals surface area contributed by atoms with Crippen molar-refractivity contribution in [3.63, 3.8) is 0 Å². The van der Waals surface area contributed by atoms with Gasteiger partial charge in [-0.05, 0) is 50.2 Å². The van der Waals surface area contributed by atoms with Gasteiger partial charge in [0.05, 0.1) is 0 Å². The van der Waals surface area contributed by atoms with Crippen LogP contribution >= 0.6 is 0 Å². The Kier molecular flexibility index (Phi) is 3.76. The Balaban J connectivity index is 1.82. The average Bonchev–Trinajstić information content (AvgIpc) is 2.42. The van der Waals surface area contributed by atoms with Gasteiger partial charge in [0.2, 0.25) is 0 Å². The number of benzene rings is 1. The maximum Gasteiger partial charge on any atom is 0.0401 e. The summed E-state index contributed by atoms with van der Waals surface area (Å²) in [6.07, 6.45) is 7.47. The summed E-state index contributed by atoms with van der Waals surface area (Å²) in [5, 5.41) is 0. The number of fused-ring (bicyclic) bond motifs is 1. The monoisotopic (exact) mass is 272 g/mol. The molecule has 0 spiro atoms. The molecule has 1 aromatic carbocycles. The third-order valence-electron chi connectivity index (χ3n) is 5.28. The van der Waals surface area contributed by atoms with Gasteiger partial charge in [0.25, 0.3) is 0 Å². The maximum atomic E-state index is 6.76. The van der Waals surface area contributed by atoms with E-state index in [0.29, 0.717) is 6.04 Å². The zero-order valence-corrected chi connectivity index (χ0v) is 12.9. The van der Waals surface area contributed by atoms with E-state index in [0.717, 1.165) is 12.5 Å². The van der Waals surface area contributed by atoms with Crippen molar-refractivity contribution >= 4 is 5.69 Å². The molecular formula is C18H28N2. The molecule has 1 saturated carbocycles. The summed E-state index contributed by atoms with van der Waals surface area (Å²) in [7, 11) is 0. The molecule has 1 aliphatic carbocycles. The zero-order chi connectivity index (χ0) is 14.2. The van der Waals surface area contributed by atoms with Gasteiger partial charge >= 0.3 is 0 Å². The molecule has 20 heavy (non-hydrogen) atoms. The van der Waals surface area contributed by atoms with Gasteiger partial charge in [-0.1, -0.05) is 38.0 Å². The smallest absolute Gasteiger partial charge is 0.0401 e. The number of hydrogen-bond acceptors (Lipinski definition) is 2. The summed E-state index contributed by atoms with van der Waals surface area (Å²) in [5.41, 5.74) is 9.69. The van der Waals surface area contributed by atoms with Crippen LogP contribution in [0.15, 0.2) is 24.3 Å². The van der Waals surface area contributed by atoms with Crippen LogP contribution in [0.25, 0.3) is 0 Å².